The minimum atomic E-state index is 0.303. The number of halogens is 1. The molecule has 0 saturated heterocycles. The average Bonchev–Trinajstić information content (AvgIpc) is 2.37. The number of benzene rings is 1. The highest BCUT2D eigenvalue weighted by Gasteiger charge is 2.05. The Hall–Kier alpha value is -0.580. The highest BCUT2D eigenvalue weighted by atomic mass is 79.9. The van der Waals surface area contributed by atoms with Crippen LogP contribution < -0.4 is 5.32 Å². The number of ether oxygens (including phenoxy) is 1. The van der Waals surface area contributed by atoms with Crippen LogP contribution in [0.1, 0.15) is 31.2 Å². The molecule has 102 valence electrons. The van der Waals surface area contributed by atoms with Gasteiger partial charge in [-0.05, 0) is 25.0 Å². The van der Waals surface area contributed by atoms with Crippen LogP contribution in [0.3, 0.4) is 0 Å². The second-order valence-electron chi connectivity index (χ2n) is 4.26. The predicted molar refractivity (Wildman–Crippen MR) is 78.9 cm³/mol. The molecule has 18 heavy (non-hydrogen) atoms. The van der Waals surface area contributed by atoms with Crippen molar-refractivity contribution >= 4 is 21.6 Å². The van der Waals surface area contributed by atoms with Crippen LogP contribution in [-0.2, 0) is 11.3 Å². The monoisotopic (exact) mass is 315 g/mol. The van der Waals surface area contributed by atoms with Crippen molar-refractivity contribution in [2.24, 2.45) is 0 Å². The number of nitrogens with one attached hydrogen (secondary N) is 1. The summed E-state index contributed by atoms with van der Waals surface area (Å²) in [6, 6.07) is 6.13. The quantitative estimate of drug-likeness (QED) is 0.685. The summed E-state index contributed by atoms with van der Waals surface area (Å²) in [7, 11) is 1.71. The van der Waals surface area contributed by atoms with Crippen molar-refractivity contribution in [3.05, 3.63) is 28.2 Å². The topological polar surface area (TPSA) is 41.5 Å². The SMILES string of the molecule is COCc1c(Br)cccc1NCCCCCCO. The van der Waals surface area contributed by atoms with Crippen LogP contribution >= 0.6 is 15.9 Å². The third kappa shape index (κ3) is 5.38. The molecule has 0 unspecified atom stereocenters. The van der Waals surface area contributed by atoms with Crippen LogP contribution in [0.15, 0.2) is 22.7 Å². The third-order valence-corrected chi connectivity index (χ3v) is 3.55. The van der Waals surface area contributed by atoms with Crippen LogP contribution in [0.25, 0.3) is 0 Å². The predicted octanol–water partition coefficient (Wildman–Crippen LogP) is 3.56. The fourth-order valence-electron chi connectivity index (χ4n) is 1.83. The molecule has 1 rings (SSSR count). The number of hydrogen-bond donors (Lipinski definition) is 2. The first kappa shape index (κ1) is 15.5. The van der Waals surface area contributed by atoms with E-state index in [-0.39, 0.29) is 0 Å². The molecule has 0 atom stereocenters. The first-order valence-corrected chi connectivity index (χ1v) is 7.20. The van der Waals surface area contributed by atoms with Gasteiger partial charge in [0.25, 0.3) is 0 Å². The number of unbranched alkanes of at least 4 members (excludes halogenated alkanes) is 3. The minimum absolute atomic E-state index is 0.303. The van der Waals surface area contributed by atoms with Gasteiger partial charge in [-0.3, -0.25) is 0 Å². The maximum Gasteiger partial charge on any atom is 0.0744 e. The summed E-state index contributed by atoms with van der Waals surface area (Å²) in [5.41, 5.74) is 2.30. The Morgan fingerprint density at radius 3 is 2.72 bits per heavy atom. The number of rotatable bonds is 9. The number of aliphatic hydroxyl groups is 1. The van der Waals surface area contributed by atoms with Gasteiger partial charge in [0, 0.05) is 36.0 Å². The first-order valence-electron chi connectivity index (χ1n) is 6.40. The van der Waals surface area contributed by atoms with Gasteiger partial charge in [0.15, 0.2) is 0 Å². The van der Waals surface area contributed by atoms with E-state index in [1.807, 2.05) is 12.1 Å². The molecule has 0 saturated carbocycles. The molecule has 2 N–H and O–H groups in total. The lowest BCUT2D eigenvalue weighted by atomic mass is 10.1. The van der Waals surface area contributed by atoms with Crippen molar-refractivity contribution in [1.82, 2.24) is 0 Å². The minimum Gasteiger partial charge on any atom is -0.396 e. The lowest BCUT2D eigenvalue weighted by Crippen LogP contribution is -2.05. The van der Waals surface area contributed by atoms with Gasteiger partial charge < -0.3 is 15.2 Å². The summed E-state index contributed by atoms with van der Waals surface area (Å²) in [4.78, 5) is 0. The van der Waals surface area contributed by atoms with Gasteiger partial charge in [-0.1, -0.05) is 34.8 Å². The van der Waals surface area contributed by atoms with Crippen LogP contribution in [0.4, 0.5) is 5.69 Å². The molecule has 0 fully saturated rings. The molecule has 0 amide bonds. The van der Waals surface area contributed by atoms with E-state index in [4.69, 9.17) is 9.84 Å². The molecule has 0 bridgehead atoms. The van der Waals surface area contributed by atoms with E-state index >= 15 is 0 Å². The zero-order chi connectivity index (χ0) is 13.2. The molecule has 0 radical (unpaired) electrons. The fraction of sp³-hybridized carbons (Fsp3) is 0.571. The van der Waals surface area contributed by atoms with Crippen molar-refractivity contribution in [2.45, 2.75) is 32.3 Å². The van der Waals surface area contributed by atoms with E-state index in [1.165, 1.54) is 0 Å². The van der Waals surface area contributed by atoms with Gasteiger partial charge in [-0.15, -0.1) is 0 Å². The number of anilines is 1. The molecular formula is C14H22BrNO2. The molecule has 0 spiro atoms. The summed E-state index contributed by atoms with van der Waals surface area (Å²) in [5.74, 6) is 0. The molecule has 1 aromatic rings. The highest BCUT2D eigenvalue weighted by Crippen LogP contribution is 2.25. The summed E-state index contributed by atoms with van der Waals surface area (Å²) >= 11 is 3.54. The Labute approximate surface area is 118 Å². The summed E-state index contributed by atoms with van der Waals surface area (Å²) in [6.07, 6.45) is 4.29. The molecule has 0 heterocycles. The van der Waals surface area contributed by atoms with Gasteiger partial charge in [-0.25, -0.2) is 0 Å². The van der Waals surface area contributed by atoms with Crippen molar-refractivity contribution in [1.29, 1.82) is 0 Å². The Morgan fingerprint density at radius 2 is 2.00 bits per heavy atom. The van der Waals surface area contributed by atoms with E-state index in [2.05, 4.69) is 27.3 Å². The average molecular weight is 316 g/mol. The van der Waals surface area contributed by atoms with Crippen LogP contribution in [-0.4, -0.2) is 25.4 Å². The maximum absolute atomic E-state index is 8.69. The Kier molecular flexibility index (Phi) is 8.05. The number of hydrogen-bond acceptors (Lipinski definition) is 3. The second kappa shape index (κ2) is 9.36. The van der Waals surface area contributed by atoms with Crippen LogP contribution in [0.5, 0.6) is 0 Å². The smallest absolute Gasteiger partial charge is 0.0744 e. The lowest BCUT2D eigenvalue weighted by molar-refractivity contribution is 0.185. The molecule has 4 heteroatoms. The Morgan fingerprint density at radius 1 is 1.22 bits per heavy atom. The standard InChI is InChI=1S/C14H22BrNO2/c1-18-11-12-13(15)7-6-8-14(12)16-9-4-2-3-5-10-17/h6-8,16-17H,2-5,9-11H2,1H3. The molecule has 0 aliphatic rings. The fourth-order valence-corrected chi connectivity index (χ4v) is 2.31. The lowest BCUT2D eigenvalue weighted by Gasteiger charge is -2.13. The molecule has 3 nitrogen and oxygen atoms in total. The zero-order valence-electron chi connectivity index (χ0n) is 10.9. The van der Waals surface area contributed by atoms with Crippen molar-refractivity contribution in [3.8, 4) is 0 Å². The van der Waals surface area contributed by atoms with E-state index in [1.54, 1.807) is 7.11 Å². The van der Waals surface area contributed by atoms with Crippen molar-refractivity contribution in [2.75, 3.05) is 25.6 Å². The van der Waals surface area contributed by atoms with Gasteiger partial charge in [0.2, 0.25) is 0 Å². The number of aliphatic hydroxyl groups excluding tert-OH is 1. The normalized spacial score (nSPS) is 10.6. The van der Waals surface area contributed by atoms with Gasteiger partial charge in [0.05, 0.1) is 6.61 Å². The van der Waals surface area contributed by atoms with Gasteiger partial charge >= 0.3 is 0 Å². The summed E-state index contributed by atoms with van der Waals surface area (Å²) < 4.78 is 6.29. The summed E-state index contributed by atoms with van der Waals surface area (Å²) in [5, 5.41) is 12.1. The zero-order valence-corrected chi connectivity index (χ0v) is 12.5. The molecule has 0 aliphatic carbocycles. The molecule has 0 aliphatic heterocycles. The number of methoxy groups -OCH3 is 1. The summed E-state index contributed by atoms with van der Waals surface area (Å²) in [6.45, 7) is 1.86. The van der Waals surface area contributed by atoms with E-state index in [9.17, 15) is 0 Å². The van der Waals surface area contributed by atoms with Crippen molar-refractivity contribution < 1.29 is 9.84 Å². The second-order valence-corrected chi connectivity index (χ2v) is 5.12. The molecular weight excluding hydrogens is 294 g/mol. The Balaban J connectivity index is 2.39. The van der Waals surface area contributed by atoms with Crippen LogP contribution in [0, 0.1) is 0 Å². The largest absolute Gasteiger partial charge is 0.396 e. The Bertz CT molecular complexity index is 345. The highest BCUT2D eigenvalue weighted by molar-refractivity contribution is 9.10. The third-order valence-electron chi connectivity index (χ3n) is 2.81. The van der Waals surface area contributed by atoms with E-state index < -0.39 is 0 Å². The van der Waals surface area contributed by atoms with E-state index in [0.29, 0.717) is 13.2 Å². The van der Waals surface area contributed by atoms with Crippen molar-refractivity contribution in [3.63, 3.8) is 0 Å². The van der Waals surface area contributed by atoms with Gasteiger partial charge in [0.1, 0.15) is 0 Å². The van der Waals surface area contributed by atoms with E-state index in [0.717, 1.165) is 48.0 Å². The molecule has 1 aromatic carbocycles. The first-order chi connectivity index (χ1) is 8.79. The maximum atomic E-state index is 8.69. The van der Waals surface area contributed by atoms with Gasteiger partial charge in [-0.2, -0.15) is 0 Å². The van der Waals surface area contributed by atoms with Crippen LogP contribution in [0.2, 0.25) is 0 Å². The molecule has 0 aromatic heterocycles.